The molecule has 0 bridgehead atoms. The highest BCUT2D eigenvalue weighted by molar-refractivity contribution is 5.96. The number of benzene rings is 5. The molecule has 2 heterocycles. The van der Waals surface area contributed by atoms with Crippen molar-refractivity contribution in [3.63, 3.8) is 0 Å². The van der Waals surface area contributed by atoms with Crippen molar-refractivity contribution in [3.8, 4) is 22.5 Å². The maximum Gasteiger partial charge on any atom is 0.356 e. The van der Waals surface area contributed by atoms with Gasteiger partial charge in [-0.1, -0.05) is 127 Å². The lowest BCUT2D eigenvalue weighted by molar-refractivity contribution is -0.138. The molecule has 1 unspecified atom stereocenters. The Hall–Kier alpha value is -6.10. The average Bonchev–Trinajstić information content (AvgIpc) is 3.80. The van der Waals surface area contributed by atoms with Gasteiger partial charge in [0.15, 0.2) is 11.5 Å². The molecule has 6 aromatic rings. The van der Waals surface area contributed by atoms with Gasteiger partial charge in [-0.05, 0) is 78.1 Å². The van der Waals surface area contributed by atoms with Gasteiger partial charge < -0.3 is 25.2 Å². The van der Waals surface area contributed by atoms with Gasteiger partial charge in [-0.3, -0.25) is 0 Å². The Labute approximate surface area is 309 Å². The summed E-state index contributed by atoms with van der Waals surface area (Å²) in [5, 5.41) is 38.6. The number of nitrogens with zero attached hydrogens (tertiary/aromatic N) is 5. The second-order valence-electron chi connectivity index (χ2n) is 13.7. The van der Waals surface area contributed by atoms with E-state index in [0.29, 0.717) is 11.5 Å². The van der Waals surface area contributed by atoms with Crippen molar-refractivity contribution in [3.05, 3.63) is 168 Å². The standard InChI is InChI=1S/C43H42N6O4/c1-5-53-40(51)37-38(41(2,3)52)44-42(4,29-50)48(37)34-27-25-30(26-28-34)35-23-15-16-24-36(35)39-45-46-47-49(39)43(31-17-9-6-10-18-31,32-19-11-7-12-20-32)33-21-13-8-14-22-33/h6-28,44,50,52H,5,29H2,1-4H3. The summed E-state index contributed by atoms with van der Waals surface area (Å²) in [6.07, 6.45) is 0. The summed E-state index contributed by atoms with van der Waals surface area (Å²) >= 11 is 0. The van der Waals surface area contributed by atoms with Crippen LogP contribution in [0.1, 0.15) is 44.4 Å². The molecule has 0 spiro atoms. The maximum atomic E-state index is 13.4. The molecule has 7 rings (SSSR count). The number of nitrogens with one attached hydrogen (secondary N) is 1. The summed E-state index contributed by atoms with van der Waals surface area (Å²) in [4.78, 5) is 15.1. The molecule has 268 valence electrons. The van der Waals surface area contributed by atoms with Gasteiger partial charge in [-0.15, -0.1) is 5.10 Å². The first-order chi connectivity index (χ1) is 25.6. The number of aliphatic hydroxyl groups excluding tert-OH is 1. The molecular weight excluding hydrogens is 665 g/mol. The monoisotopic (exact) mass is 706 g/mol. The molecule has 0 saturated heterocycles. The van der Waals surface area contributed by atoms with Crippen LogP contribution < -0.4 is 10.2 Å². The fraction of sp³-hybridized carbons (Fsp3) is 0.209. The van der Waals surface area contributed by atoms with Gasteiger partial charge in [-0.25, -0.2) is 9.48 Å². The van der Waals surface area contributed by atoms with Gasteiger partial charge in [0, 0.05) is 11.3 Å². The molecule has 0 radical (unpaired) electrons. The first-order valence-corrected chi connectivity index (χ1v) is 17.6. The Balaban J connectivity index is 1.38. The Morgan fingerprint density at radius 1 is 0.774 bits per heavy atom. The number of carbonyl (C=O) groups is 1. The minimum Gasteiger partial charge on any atom is -0.461 e. The molecule has 3 N–H and O–H groups in total. The number of aromatic nitrogens is 4. The Kier molecular flexibility index (Phi) is 9.42. The lowest BCUT2D eigenvalue weighted by Crippen LogP contribution is -2.55. The Morgan fingerprint density at radius 3 is 1.77 bits per heavy atom. The van der Waals surface area contributed by atoms with E-state index in [2.05, 4.69) is 52.0 Å². The number of anilines is 1. The van der Waals surface area contributed by atoms with Crippen molar-refractivity contribution in [2.24, 2.45) is 0 Å². The van der Waals surface area contributed by atoms with Crippen molar-refractivity contribution >= 4 is 11.7 Å². The number of hydrogen-bond acceptors (Lipinski definition) is 9. The van der Waals surface area contributed by atoms with Gasteiger partial charge in [0.25, 0.3) is 0 Å². The highest BCUT2D eigenvalue weighted by atomic mass is 16.5. The van der Waals surface area contributed by atoms with Crippen molar-refractivity contribution in [1.82, 2.24) is 25.5 Å². The zero-order chi connectivity index (χ0) is 37.2. The number of aliphatic hydroxyl groups is 2. The molecule has 0 amide bonds. The van der Waals surface area contributed by atoms with Crippen LogP contribution in [-0.4, -0.2) is 60.9 Å². The van der Waals surface area contributed by atoms with E-state index in [1.165, 1.54) is 0 Å². The first-order valence-electron chi connectivity index (χ1n) is 17.6. The van der Waals surface area contributed by atoms with E-state index in [9.17, 15) is 15.0 Å². The molecule has 10 nitrogen and oxygen atoms in total. The van der Waals surface area contributed by atoms with E-state index in [4.69, 9.17) is 9.95 Å². The van der Waals surface area contributed by atoms with Gasteiger partial charge in [-0.2, -0.15) is 0 Å². The van der Waals surface area contributed by atoms with E-state index in [-0.39, 0.29) is 24.6 Å². The van der Waals surface area contributed by atoms with Crippen LogP contribution in [0.25, 0.3) is 22.5 Å². The molecule has 1 aromatic heterocycles. The SMILES string of the molecule is CCOC(=O)C1=C(C(C)(C)O)NC(C)(CO)N1c1ccc(-c2ccccc2-c2nnnn2C(c2ccccc2)(c2ccccc2)c2ccccc2)cc1. The van der Waals surface area contributed by atoms with Crippen LogP contribution in [0.4, 0.5) is 5.69 Å². The summed E-state index contributed by atoms with van der Waals surface area (Å²) in [7, 11) is 0. The predicted molar refractivity (Wildman–Crippen MR) is 204 cm³/mol. The van der Waals surface area contributed by atoms with Crippen LogP contribution in [0.5, 0.6) is 0 Å². The maximum absolute atomic E-state index is 13.4. The smallest absolute Gasteiger partial charge is 0.356 e. The second-order valence-corrected chi connectivity index (χ2v) is 13.7. The number of tetrazole rings is 1. The number of hydrogen-bond donors (Lipinski definition) is 3. The van der Waals surface area contributed by atoms with Crippen molar-refractivity contribution < 1.29 is 19.7 Å². The average molecular weight is 707 g/mol. The predicted octanol–water partition coefficient (Wildman–Crippen LogP) is 6.51. The molecule has 0 saturated carbocycles. The zero-order valence-corrected chi connectivity index (χ0v) is 30.1. The molecule has 0 fully saturated rings. The molecule has 1 aliphatic rings. The van der Waals surface area contributed by atoms with Crippen LogP contribution in [0.2, 0.25) is 0 Å². The lowest BCUT2D eigenvalue weighted by Gasteiger charge is -2.37. The Morgan fingerprint density at radius 2 is 1.28 bits per heavy atom. The molecule has 0 aliphatic carbocycles. The minimum atomic E-state index is -1.41. The third-order valence-corrected chi connectivity index (χ3v) is 9.70. The van der Waals surface area contributed by atoms with Gasteiger partial charge in [0.1, 0.15) is 16.8 Å². The van der Waals surface area contributed by atoms with Crippen LogP contribution >= 0.6 is 0 Å². The normalized spacial score (nSPS) is 16.1. The summed E-state index contributed by atoms with van der Waals surface area (Å²) in [6, 6.07) is 46.5. The van der Waals surface area contributed by atoms with Crippen LogP contribution in [0, 0.1) is 0 Å². The van der Waals surface area contributed by atoms with E-state index in [0.717, 1.165) is 33.4 Å². The number of carbonyl (C=O) groups excluding carboxylic acids is 1. The van der Waals surface area contributed by atoms with E-state index in [1.807, 2.05) is 108 Å². The van der Waals surface area contributed by atoms with Gasteiger partial charge in [0.05, 0.1) is 18.9 Å². The zero-order valence-electron chi connectivity index (χ0n) is 30.1. The molecular formula is C43H42N6O4. The van der Waals surface area contributed by atoms with Crippen molar-refractivity contribution in [1.29, 1.82) is 0 Å². The van der Waals surface area contributed by atoms with Gasteiger partial charge >= 0.3 is 5.97 Å². The van der Waals surface area contributed by atoms with E-state index < -0.39 is 22.8 Å². The fourth-order valence-corrected chi connectivity index (χ4v) is 7.31. The highest BCUT2D eigenvalue weighted by Gasteiger charge is 2.49. The molecule has 5 aromatic carbocycles. The molecule has 1 atom stereocenters. The molecule has 10 heteroatoms. The first kappa shape index (κ1) is 35.3. The summed E-state index contributed by atoms with van der Waals surface area (Å²) < 4.78 is 7.35. The van der Waals surface area contributed by atoms with Gasteiger partial charge in [0.2, 0.25) is 0 Å². The summed E-state index contributed by atoms with van der Waals surface area (Å²) in [6.45, 7) is 6.48. The minimum absolute atomic E-state index is 0.141. The van der Waals surface area contributed by atoms with Crippen molar-refractivity contribution in [2.45, 2.75) is 44.5 Å². The number of esters is 1. The molecule has 1 aliphatic heterocycles. The summed E-state index contributed by atoms with van der Waals surface area (Å²) in [5.74, 6) is -0.0329. The van der Waals surface area contributed by atoms with Crippen molar-refractivity contribution in [2.75, 3.05) is 18.1 Å². The van der Waals surface area contributed by atoms with E-state index >= 15 is 0 Å². The third-order valence-electron chi connectivity index (χ3n) is 9.70. The quantitative estimate of drug-likeness (QED) is 0.102. The highest BCUT2D eigenvalue weighted by Crippen LogP contribution is 2.44. The second kappa shape index (κ2) is 14.1. The number of rotatable bonds is 11. The fourth-order valence-electron chi connectivity index (χ4n) is 7.31. The van der Waals surface area contributed by atoms with Crippen LogP contribution in [0.15, 0.2) is 151 Å². The van der Waals surface area contributed by atoms with E-state index in [1.54, 1.807) is 32.6 Å². The summed E-state index contributed by atoms with van der Waals surface area (Å²) in [5.41, 5.74) is 3.14. The molecule has 53 heavy (non-hydrogen) atoms. The third kappa shape index (κ3) is 6.15. The Bertz CT molecular complexity index is 2140. The number of ether oxygens (including phenoxy) is 1. The topological polar surface area (TPSA) is 126 Å². The van der Waals surface area contributed by atoms with Crippen LogP contribution in [0.3, 0.4) is 0 Å². The van der Waals surface area contributed by atoms with Crippen LogP contribution in [-0.2, 0) is 15.1 Å². The lowest BCUT2D eigenvalue weighted by atomic mass is 9.77. The largest absolute Gasteiger partial charge is 0.461 e.